The van der Waals surface area contributed by atoms with Gasteiger partial charge in [0.25, 0.3) is 0 Å². The van der Waals surface area contributed by atoms with Gasteiger partial charge < -0.3 is 20.9 Å². The van der Waals surface area contributed by atoms with Crippen LogP contribution in [-0.4, -0.2) is 33.8 Å². The molecular formula is C16H22N4O3. The zero-order valence-corrected chi connectivity index (χ0v) is 13.4. The Morgan fingerprint density at radius 2 is 2.22 bits per heavy atom. The van der Waals surface area contributed by atoms with Gasteiger partial charge >= 0.3 is 12.1 Å². The quantitative estimate of drug-likeness (QED) is 0.723. The molecule has 4 N–H and O–H groups in total. The molecule has 23 heavy (non-hydrogen) atoms. The zero-order chi connectivity index (χ0) is 16.8. The molecule has 0 fully saturated rings. The molecule has 0 bridgehead atoms. The third-order valence-corrected chi connectivity index (χ3v) is 3.57. The maximum absolute atomic E-state index is 11.0. The van der Waals surface area contributed by atoms with Crippen LogP contribution in [0.25, 0.3) is 10.9 Å². The molecule has 1 unspecified atom stereocenters. The number of aryl methyl sites for hydroxylation is 1. The molecule has 2 rings (SSSR count). The van der Waals surface area contributed by atoms with Gasteiger partial charge in [0.15, 0.2) is 0 Å². The zero-order valence-electron chi connectivity index (χ0n) is 13.4. The number of unbranched alkanes of at least 4 members (excludes halogenated alkanes) is 1. The second-order valence-corrected chi connectivity index (χ2v) is 5.41. The van der Waals surface area contributed by atoms with E-state index in [9.17, 15) is 9.90 Å². The summed E-state index contributed by atoms with van der Waals surface area (Å²) in [5, 5.41) is 13.6. The lowest BCUT2D eigenvalue weighted by molar-refractivity contribution is 0.207. The van der Waals surface area contributed by atoms with E-state index in [1.807, 2.05) is 25.1 Å². The van der Waals surface area contributed by atoms with E-state index in [2.05, 4.69) is 22.2 Å². The van der Waals surface area contributed by atoms with Crippen LogP contribution in [-0.2, 0) is 0 Å². The van der Waals surface area contributed by atoms with Crippen LogP contribution in [0.2, 0.25) is 0 Å². The van der Waals surface area contributed by atoms with E-state index in [4.69, 9.17) is 10.5 Å². The maximum Gasteiger partial charge on any atom is 0.412 e. The van der Waals surface area contributed by atoms with E-state index in [1.54, 1.807) is 0 Å². The number of aliphatic hydroxyl groups excluding tert-OH is 1. The number of hydrogen-bond acceptors (Lipinski definition) is 6. The fourth-order valence-electron chi connectivity index (χ4n) is 2.37. The van der Waals surface area contributed by atoms with E-state index in [0.29, 0.717) is 11.3 Å². The summed E-state index contributed by atoms with van der Waals surface area (Å²) < 4.78 is 4.83. The Hall–Kier alpha value is -2.41. The van der Waals surface area contributed by atoms with E-state index in [1.165, 1.54) is 0 Å². The lowest BCUT2D eigenvalue weighted by Gasteiger charge is -2.18. The molecule has 1 atom stereocenters. The third-order valence-electron chi connectivity index (χ3n) is 3.57. The highest BCUT2D eigenvalue weighted by molar-refractivity contribution is 5.91. The number of carbonyl (C=O) groups is 1. The van der Waals surface area contributed by atoms with Gasteiger partial charge in [0.2, 0.25) is 0 Å². The fourth-order valence-corrected chi connectivity index (χ4v) is 2.37. The molecule has 0 radical (unpaired) electrons. The van der Waals surface area contributed by atoms with Crippen molar-refractivity contribution in [3.63, 3.8) is 0 Å². The topological polar surface area (TPSA) is 110 Å². The van der Waals surface area contributed by atoms with Gasteiger partial charge in [-0.3, -0.25) is 0 Å². The highest BCUT2D eigenvalue weighted by Crippen LogP contribution is 2.26. The summed E-state index contributed by atoms with van der Waals surface area (Å²) in [6, 6.07) is 5.46. The molecule has 0 saturated heterocycles. The number of aliphatic hydroxyl groups is 1. The van der Waals surface area contributed by atoms with Crippen LogP contribution in [0.15, 0.2) is 18.2 Å². The van der Waals surface area contributed by atoms with E-state index >= 15 is 0 Å². The molecule has 1 amide bonds. The highest BCUT2D eigenvalue weighted by Gasteiger charge is 2.15. The number of amides is 1. The van der Waals surface area contributed by atoms with Crippen molar-refractivity contribution in [2.24, 2.45) is 5.73 Å². The fraction of sp³-hybridized carbons (Fsp3) is 0.438. The second kappa shape index (κ2) is 7.73. The first kappa shape index (κ1) is 17.0. The molecule has 7 nitrogen and oxygen atoms in total. The average Bonchev–Trinajstić information content (AvgIpc) is 2.51. The second-order valence-electron chi connectivity index (χ2n) is 5.41. The molecule has 0 spiro atoms. The normalized spacial score (nSPS) is 12.1. The van der Waals surface area contributed by atoms with Crippen molar-refractivity contribution in [3.05, 3.63) is 23.8 Å². The first-order chi connectivity index (χ1) is 11.0. The van der Waals surface area contributed by atoms with E-state index in [-0.39, 0.29) is 18.7 Å². The van der Waals surface area contributed by atoms with Crippen LogP contribution < -0.4 is 15.8 Å². The SMILES string of the molecule is CCCCC(CO)Nc1nc(OC(N)=O)nc2c(C)cccc12. The molecule has 2 aromatic rings. The summed E-state index contributed by atoms with van der Waals surface area (Å²) >= 11 is 0. The van der Waals surface area contributed by atoms with Crippen LogP contribution in [0.1, 0.15) is 31.7 Å². The standard InChI is InChI=1S/C16H22N4O3/c1-3-4-7-11(9-21)18-14-12-8-5-6-10(2)13(12)19-16(20-14)23-15(17)22/h5-6,8,11,21H,3-4,7,9H2,1-2H3,(H2,17,22)(H,18,19,20). The minimum Gasteiger partial charge on any atom is -0.394 e. The van der Waals surface area contributed by atoms with Crippen LogP contribution in [0, 0.1) is 6.92 Å². The number of rotatable bonds is 7. The average molecular weight is 318 g/mol. The predicted octanol–water partition coefficient (Wildman–Crippen LogP) is 2.36. The minimum atomic E-state index is -0.964. The van der Waals surface area contributed by atoms with Gasteiger partial charge in [-0.15, -0.1) is 0 Å². The predicted molar refractivity (Wildman–Crippen MR) is 88.5 cm³/mol. The molecular weight excluding hydrogens is 296 g/mol. The number of fused-ring (bicyclic) bond motifs is 1. The number of aromatic nitrogens is 2. The van der Waals surface area contributed by atoms with E-state index < -0.39 is 6.09 Å². The van der Waals surface area contributed by atoms with Crippen LogP contribution in [0.3, 0.4) is 0 Å². The van der Waals surface area contributed by atoms with Crippen LogP contribution in [0.5, 0.6) is 6.01 Å². The van der Waals surface area contributed by atoms with Gasteiger partial charge in [0.05, 0.1) is 18.2 Å². The first-order valence-corrected chi connectivity index (χ1v) is 7.67. The molecule has 1 aromatic carbocycles. The number of nitrogens with two attached hydrogens (primary N) is 1. The first-order valence-electron chi connectivity index (χ1n) is 7.67. The van der Waals surface area contributed by atoms with Gasteiger partial charge in [-0.25, -0.2) is 4.79 Å². The molecule has 1 aromatic heterocycles. The summed E-state index contributed by atoms with van der Waals surface area (Å²) in [5.41, 5.74) is 6.65. The molecule has 1 heterocycles. The van der Waals surface area contributed by atoms with Gasteiger partial charge in [-0.05, 0) is 25.0 Å². The number of ether oxygens (including phenoxy) is 1. The third kappa shape index (κ3) is 4.29. The number of primary amides is 1. The summed E-state index contributed by atoms with van der Waals surface area (Å²) in [5.74, 6) is 0.519. The number of carbonyl (C=O) groups excluding carboxylic acids is 1. The molecule has 0 saturated carbocycles. The van der Waals surface area contributed by atoms with Gasteiger partial charge in [0.1, 0.15) is 5.82 Å². The molecule has 7 heteroatoms. The smallest absolute Gasteiger partial charge is 0.394 e. The highest BCUT2D eigenvalue weighted by atomic mass is 16.6. The van der Waals surface area contributed by atoms with Gasteiger partial charge in [0, 0.05) is 5.39 Å². The maximum atomic E-state index is 11.0. The van der Waals surface area contributed by atoms with Crippen molar-refractivity contribution in [1.29, 1.82) is 0 Å². The Labute approximate surface area is 134 Å². The number of hydrogen-bond donors (Lipinski definition) is 3. The molecule has 0 aliphatic heterocycles. The summed E-state index contributed by atoms with van der Waals surface area (Å²) in [7, 11) is 0. The van der Waals surface area contributed by atoms with Crippen molar-refractivity contribution in [1.82, 2.24) is 9.97 Å². The number of benzene rings is 1. The monoisotopic (exact) mass is 318 g/mol. The van der Waals surface area contributed by atoms with Crippen molar-refractivity contribution in [2.75, 3.05) is 11.9 Å². The Balaban J connectivity index is 2.42. The lowest BCUT2D eigenvalue weighted by atomic mass is 10.1. The number of nitrogens with zero attached hydrogens (tertiary/aromatic N) is 2. The van der Waals surface area contributed by atoms with Crippen molar-refractivity contribution < 1.29 is 14.6 Å². The minimum absolute atomic E-state index is 0.0106. The molecule has 0 aliphatic carbocycles. The van der Waals surface area contributed by atoms with Crippen LogP contribution >= 0.6 is 0 Å². The molecule has 124 valence electrons. The summed E-state index contributed by atoms with van der Waals surface area (Å²) in [6.45, 7) is 3.99. The Kier molecular flexibility index (Phi) is 5.70. The number of para-hydroxylation sites is 1. The lowest BCUT2D eigenvalue weighted by Crippen LogP contribution is -2.25. The molecule has 0 aliphatic rings. The van der Waals surface area contributed by atoms with Crippen molar-refractivity contribution >= 4 is 22.8 Å². The summed E-state index contributed by atoms with van der Waals surface area (Å²) in [4.78, 5) is 19.4. The summed E-state index contributed by atoms with van der Waals surface area (Å²) in [6.07, 6.45) is 1.88. The Morgan fingerprint density at radius 3 is 2.87 bits per heavy atom. The van der Waals surface area contributed by atoms with Crippen molar-refractivity contribution in [3.8, 4) is 6.01 Å². The Morgan fingerprint density at radius 1 is 1.43 bits per heavy atom. The van der Waals surface area contributed by atoms with Crippen LogP contribution in [0.4, 0.5) is 10.6 Å². The van der Waals surface area contributed by atoms with E-state index in [0.717, 1.165) is 30.2 Å². The van der Waals surface area contributed by atoms with Gasteiger partial charge in [-0.2, -0.15) is 9.97 Å². The van der Waals surface area contributed by atoms with Crippen molar-refractivity contribution in [2.45, 2.75) is 39.2 Å². The number of anilines is 1. The number of nitrogens with one attached hydrogen (secondary N) is 1. The Bertz CT molecular complexity index is 690. The van der Waals surface area contributed by atoms with Gasteiger partial charge in [-0.1, -0.05) is 31.9 Å². The largest absolute Gasteiger partial charge is 0.412 e.